The van der Waals surface area contributed by atoms with Crippen LogP contribution < -0.4 is 11.1 Å². The van der Waals surface area contributed by atoms with Crippen molar-refractivity contribution in [1.82, 2.24) is 5.32 Å². The van der Waals surface area contributed by atoms with Crippen molar-refractivity contribution in [2.45, 2.75) is 33.0 Å². The maximum Gasteiger partial charge on any atom is 0.416 e. The number of carbonyl (C=O) groups is 1. The molecule has 20 heavy (non-hydrogen) atoms. The zero-order valence-electron chi connectivity index (χ0n) is 11.6. The highest BCUT2D eigenvalue weighted by molar-refractivity contribution is 5.82. The van der Waals surface area contributed by atoms with Gasteiger partial charge in [0, 0.05) is 13.1 Å². The molecule has 0 aliphatic carbocycles. The van der Waals surface area contributed by atoms with Gasteiger partial charge in [0.05, 0.1) is 11.0 Å². The largest absolute Gasteiger partial charge is 0.416 e. The topological polar surface area (TPSA) is 55.1 Å². The van der Waals surface area contributed by atoms with Crippen molar-refractivity contribution in [2.75, 3.05) is 6.54 Å². The molecule has 1 aromatic rings. The summed E-state index contributed by atoms with van der Waals surface area (Å²) in [6, 6.07) is 4.72. The van der Waals surface area contributed by atoms with Gasteiger partial charge in [-0.25, -0.2) is 0 Å². The summed E-state index contributed by atoms with van der Waals surface area (Å²) in [6.45, 7) is 4.04. The Morgan fingerprint density at radius 3 is 2.20 bits per heavy atom. The van der Waals surface area contributed by atoms with E-state index < -0.39 is 17.2 Å². The average molecular weight is 288 g/mol. The second-order valence-corrected chi connectivity index (χ2v) is 5.00. The molecule has 0 bridgehead atoms. The maximum atomic E-state index is 12.4. The molecule has 3 N–H and O–H groups in total. The highest BCUT2D eigenvalue weighted by Gasteiger charge is 2.30. The van der Waals surface area contributed by atoms with Gasteiger partial charge < -0.3 is 11.1 Å². The van der Waals surface area contributed by atoms with Gasteiger partial charge in [0.1, 0.15) is 0 Å². The third kappa shape index (κ3) is 3.96. The van der Waals surface area contributed by atoms with E-state index in [1.165, 1.54) is 12.1 Å². The van der Waals surface area contributed by atoms with Gasteiger partial charge in [0.25, 0.3) is 0 Å². The molecule has 0 radical (unpaired) electrons. The molecule has 112 valence electrons. The van der Waals surface area contributed by atoms with E-state index in [0.29, 0.717) is 12.0 Å². The fourth-order valence-corrected chi connectivity index (χ4v) is 1.60. The SMILES string of the molecule is CCC(C)(CN)C(=O)NCc1ccc(C(F)(F)F)cc1. The second kappa shape index (κ2) is 6.26. The molecule has 1 unspecified atom stereocenters. The standard InChI is InChI=1S/C14H19F3N2O/c1-3-13(2,9-18)12(20)19-8-10-4-6-11(7-5-10)14(15,16)17/h4-7H,3,8-9,18H2,1-2H3,(H,19,20). The van der Waals surface area contributed by atoms with Crippen molar-refractivity contribution in [3.8, 4) is 0 Å². The minimum absolute atomic E-state index is 0.187. The first kappa shape index (κ1) is 16.5. The Kier molecular flexibility index (Phi) is 5.16. The van der Waals surface area contributed by atoms with Crippen molar-refractivity contribution >= 4 is 5.91 Å². The molecule has 0 spiro atoms. The Hall–Kier alpha value is -1.56. The maximum absolute atomic E-state index is 12.4. The Bertz CT molecular complexity index is 450. The summed E-state index contributed by atoms with van der Waals surface area (Å²) < 4.78 is 37.2. The van der Waals surface area contributed by atoms with E-state index in [9.17, 15) is 18.0 Å². The number of amides is 1. The Morgan fingerprint density at radius 1 is 1.25 bits per heavy atom. The van der Waals surface area contributed by atoms with Crippen LogP contribution in [-0.2, 0) is 17.5 Å². The Balaban J connectivity index is 2.65. The zero-order chi connectivity index (χ0) is 15.4. The van der Waals surface area contributed by atoms with Crippen LogP contribution in [0.3, 0.4) is 0 Å². The number of hydrogen-bond donors (Lipinski definition) is 2. The van der Waals surface area contributed by atoms with Gasteiger partial charge >= 0.3 is 6.18 Å². The summed E-state index contributed by atoms with van der Waals surface area (Å²) in [7, 11) is 0. The number of rotatable bonds is 5. The molecule has 0 fully saturated rings. The summed E-state index contributed by atoms with van der Waals surface area (Å²) in [5, 5.41) is 2.70. The van der Waals surface area contributed by atoms with Crippen LogP contribution in [0.4, 0.5) is 13.2 Å². The third-order valence-corrected chi connectivity index (χ3v) is 3.51. The minimum atomic E-state index is -4.35. The molecule has 6 heteroatoms. The fourth-order valence-electron chi connectivity index (χ4n) is 1.60. The molecule has 0 saturated heterocycles. The van der Waals surface area contributed by atoms with Gasteiger partial charge in [-0.1, -0.05) is 19.1 Å². The highest BCUT2D eigenvalue weighted by Crippen LogP contribution is 2.29. The minimum Gasteiger partial charge on any atom is -0.352 e. The highest BCUT2D eigenvalue weighted by atomic mass is 19.4. The van der Waals surface area contributed by atoms with Gasteiger partial charge in [-0.15, -0.1) is 0 Å². The average Bonchev–Trinajstić information content (AvgIpc) is 2.43. The normalized spacial score (nSPS) is 14.7. The molecule has 0 aliphatic heterocycles. The lowest BCUT2D eigenvalue weighted by atomic mass is 9.86. The van der Waals surface area contributed by atoms with Crippen molar-refractivity contribution in [1.29, 1.82) is 0 Å². The number of benzene rings is 1. The molecule has 0 aliphatic rings. The first-order valence-electron chi connectivity index (χ1n) is 6.37. The summed E-state index contributed by atoms with van der Waals surface area (Å²) in [5.74, 6) is -0.192. The van der Waals surface area contributed by atoms with E-state index in [1.54, 1.807) is 6.92 Å². The van der Waals surface area contributed by atoms with E-state index >= 15 is 0 Å². The van der Waals surface area contributed by atoms with Crippen molar-refractivity contribution in [3.05, 3.63) is 35.4 Å². The van der Waals surface area contributed by atoms with E-state index in [-0.39, 0.29) is 19.0 Å². The summed E-state index contributed by atoms with van der Waals surface area (Å²) in [5.41, 5.74) is 4.83. The van der Waals surface area contributed by atoms with E-state index in [1.807, 2.05) is 6.92 Å². The second-order valence-electron chi connectivity index (χ2n) is 5.00. The smallest absolute Gasteiger partial charge is 0.352 e. The number of hydrogen-bond acceptors (Lipinski definition) is 2. The van der Waals surface area contributed by atoms with Gasteiger partial charge in [0.2, 0.25) is 5.91 Å². The fraction of sp³-hybridized carbons (Fsp3) is 0.500. The predicted octanol–water partition coefficient (Wildman–Crippen LogP) is 2.70. The first-order chi connectivity index (χ1) is 9.23. The van der Waals surface area contributed by atoms with Crippen molar-refractivity contribution < 1.29 is 18.0 Å². The zero-order valence-corrected chi connectivity index (χ0v) is 11.6. The molecule has 1 atom stereocenters. The summed E-state index contributed by atoms with van der Waals surface area (Å²) in [4.78, 5) is 12.0. The molecule has 0 aromatic heterocycles. The Labute approximate surface area is 116 Å². The Morgan fingerprint density at radius 2 is 1.80 bits per heavy atom. The van der Waals surface area contributed by atoms with Gasteiger partial charge in [0.15, 0.2) is 0 Å². The van der Waals surface area contributed by atoms with Crippen LogP contribution >= 0.6 is 0 Å². The summed E-state index contributed by atoms with van der Waals surface area (Å²) >= 11 is 0. The van der Waals surface area contributed by atoms with E-state index in [0.717, 1.165) is 12.1 Å². The molecular weight excluding hydrogens is 269 g/mol. The van der Waals surface area contributed by atoms with Crippen LogP contribution in [-0.4, -0.2) is 12.5 Å². The lowest BCUT2D eigenvalue weighted by Gasteiger charge is -2.25. The molecule has 3 nitrogen and oxygen atoms in total. The first-order valence-corrected chi connectivity index (χ1v) is 6.37. The van der Waals surface area contributed by atoms with E-state index in [2.05, 4.69) is 5.32 Å². The number of nitrogens with one attached hydrogen (secondary N) is 1. The monoisotopic (exact) mass is 288 g/mol. The number of halogens is 3. The molecule has 1 amide bonds. The van der Waals surface area contributed by atoms with Crippen LogP contribution in [0.1, 0.15) is 31.4 Å². The van der Waals surface area contributed by atoms with Gasteiger partial charge in [-0.2, -0.15) is 13.2 Å². The third-order valence-electron chi connectivity index (χ3n) is 3.51. The van der Waals surface area contributed by atoms with Crippen LogP contribution in [0.25, 0.3) is 0 Å². The molecule has 0 heterocycles. The molecule has 0 saturated carbocycles. The van der Waals surface area contributed by atoms with Gasteiger partial charge in [-0.3, -0.25) is 4.79 Å². The van der Waals surface area contributed by atoms with Crippen LogP contribution in [0.5, 0.6) is 0 Å². The van der Waals surface area contributed by atoms with Crippen LogP contribution in [0.2, 0.25) is 0 Å². The van der Waals surface area contributed by atoms with Crippen molar-refractivity contribution in [2.24, 2.45) is 11.1 Å². The van der Waals surface area contributed by atoms with Crippen LogP contribution in [0.15, 0.2) is 24.3 Å². The van der Waals surface area contributed by atoms with Crippen LogP contribution in [0, 0.1) is 5.41 Å². The summed E-state index contributed by atoms with van der Waals surface area (Å²) in [6.07, 6.45) is -3.75. The number of carbonyl (C=O) groups excluding carboxylic acids is 1. The molecular formula is C14H19F3N2O. The lowest BCUT2D eigenvalue weighted by Crippen LogP contribution is -2.43. The number of nitrogens with two attached hydrogens (primary N) is 1. The quantitative estimate of drug-likeness (QED) is 0.875. The lowest BCUT2D eigenvalue weighted by molar-refractivity contribution is -0.137. The van der Waals surface area contributed by atoms with E-state index in [4.69, 9.17) is 5.73 Å². The van der Waals surface area contributed by atoms with Gasteiger partial charge in [-0.05, 0) is 31.0 Å². The number of alkyl halides is 3. The molecule has 1 rings (SSSR count). The van der Waals surface area contributed by atoms with Crippen molar-refractivity contribution in [3.63, 3.8) is 0 Å². The predicted molar refractivity (Wildman–Crippen MR) is 70.7 cm³/mol. The molecule has 1 aromatic carbocycles.